The summed E-state index contributed by atoms with van der Waals surface area (Å²) >= 11 is 0. The minimum Gasteiger partial charge on any atom is -0.389 e. The van der Waals surface area contributed by atoms with E-state index in [9.17, 15) is 5.11 Å². The number of hydrogen-bond donors (Lipinski definition) is 3. The summed E-state index contributed by atoms with van der Waals surface area (Å²) in [5.41, 5.74) is -0.452. The molecule has 112 valence electrons. The van der Waals surface area contributed by atoms with Crippen molar-refractivity contribution in [2.75, 3.05) is 13.1 Å². The van der Waals surface area contributed by atoms with Gasteiger partial charge in [0.1, 0.15) is 0 Å². The van der Waals surface area contributed by atoms with Crippen LogP contribution in [0.2, 0.25) is 0 Å². The Morgan fingerprint density at radius 2 is 2.16 bits per heavy atom. The highest BCUT2D eigenvalue weighted by molar-refractivity contribution is 4.88. The molecule has 2 aliphatic rings. The van der Waals surface area contributed by atoms with Crippen LogP contribution in [0.25, 0.3) is 0 Å². The van der Waals surface area contributed by atoms with E-state index in [2.05, 4.69) is 24.5 Å². The third-order valence-electron chi connectivity index (χ3n) is 4.90. The molecule has 3 heteroatoms. The van der Waals surface area contributed by atoms with Crippen LogP contribution in [0.1, 0.15) is 65.2 Å². The van der Waals surface area contributed by atoms with Crippen molar-refractivity contribution < 1.29 is 5.11 Å². The molecule has 3 N–H and O–H groups in total. The molecule has 2 rings (SSSR count). The largest absolute Gasteiger partial charge is 0.389 e. The van der Waals surface area contributed by atoms with E-state index < -0.39 is 5.60 Å². The Kier molecular flexibility index (Phi) is 5.67. The Balaban J connectivity index is 1.68. The lowest BCUT2D eigenvalue weighted by Crippen LogP contribution is -2.48. The summed E-state index contributed by atoms with van der Waals surface area (Å²) in [5.74, 6) is 0.677. The zero-order chi connectivity index (χ0) is 13.7. The summed E-state index contributed by atoms with van der Waals surface area (Å²) in [6, 6.07) is 1.17. The number of hydrogen-bond acceptors (Lipinski definition) is 3. The summed E-state index contributed by atoms with van der Waals surface area (Å²) in [6.07, 6.45) is 9.59. The molecule has 0 spiro atoms. The van der Waals surface area contributed by atoms with E-state index in [4.69, 9.17) is 0 Å². The van der Waals surface area contributed by atoms with Crippen LogP contribution < -0.4 is 10.6 Å². The Morgan fingerprint density at radius 1 is 1.32 bits per heavy atom. The third-order valence-corrected chi connectivity index (χ3v) is 4.90. The first-order chi connectivity index (χ1) is 9.07. The maximum Gasteiger partial charge on any atom is 0.0774 e. The van der Waals surface area contributed by atoms with Gasteiger partial charge in [-0.1, -0.05) is 26.2 Å². The highest BCUT2D eigenvalue weighted by atomic mass is 16.3. The molecule has 4 unspecified atom stereocenters. The lowest BCUT2D eigenvalue weighted by molar-refractivity contribution is -0.0137. The van der Waals surface area contributed by atoms with Crippen molar-refractivity contribution in [3.05, 3.63) is 0 Å². The first-order valence-electron chi connectivity index (χ1n) is 8.26. The third kappa shape index (κ3) is 5.05. The Labute approximate surface area is 118 Å². The van der Waals surface area contributed by atoms with Gasteiger partial charge in [0, 0.05) is 18.6 Å². The van der Waals surface area contributed by atoms with E-state index >= 15 is 0 Å². The molecule has 1 heterocycles. The molecule has 1 aliphatic carbocycles. The van der Waals surface area contributed by atoms with Gasteiger partial charge in [-0.3, -0.25) is 0 Å². The van der Waals surface area contributed by atoms with Gasteiger partial charge in [-0.15, -0.1) is 0 Å². The van der Waals surface area contributed by atoms with Gasteiger partial charge in [-0.2, -0.15) is 0 Å². The average molecular weight is 268 g/mol. The maximum absolute atomic E-state index is 10.6. The molecule has 4 atom stereocenters. The molecular formula is C16H32N2O. The Bertz CT molecular complexity index is 265. The molecule has 1 saturated carbocycles. The molecule has 0 bridgehead atoms. The minimum absolute atomic E-state index is 0.452. The fourth-order valence-corrected chi connectivity index (χ4v) is 3.79. The second-order valence-electron chi connectivity index (χ2n) is 7.09. The van der Waals surface area contributed by atoms with Gasteiger partial charge >= 0.3 is 0 Å². The van der Waals surface area contributed by atoms with Gasteiger partial charge in [0.2, 0.25) is 0 Å². The summed E-state index contributed by atoms with van der Waals surface area (Å²) in [7, 11) is 0. The SMILES string of the molecule is CC1CCCC(O)(CNC(C)CC2CCCCN2)C1. The summed E-state index contributed by atoms with van der Waals surface area (Å²) in [6.45, 7) is 6.47. The van der Waals surface area contributed by atoms with Crippen LogP contribution in [0.5, 0.6) is 0 Å². The average Bonchev–Trinajstić information content (AvgIpc) is 2.38. The predicted octanol–water partition coefficient (Wildman–Crippen LogP) is 2.44. The van der Waals surface area contributed by atoms with Crippen LogP contribution in [-0.2, 0) is 0 Å². The van der Waals surface area contributed by atoms with Crippen LogP contribution in [0.3, 0.4) is 0 Å². The number of piperidine rings is 1. The van der Waals surface area contributed by atoms with E-state index in [1.807, 2.05) is 0 Å². The van der Waals surface area contributed by atoms with Gasteiger partial charge < -0.3 is 15.7 Å². The number of rotatable bonds is 5. The van der Waals surface area contributed by atoms with Crippen LogP contribution >= 0.6 is 0 Å². The van der Waals surface area contributed by atoms with E-state index in [1.54, 1.807) is 0 Å². The van der Waals surface area contributed by atoms with Crippen molar-refractivity contribution >= 4 is 0 Å². The maximum atomic E-state index is 10.6. The van der Waals surface area contributed by atoms with E-state index in [-0.39, 0.29) is 0 Å². The molecule has 1 aliphatic heterocycles. The smallest absolute Gasteiger partial charge is 0.0774 e. The molecular weight excluding hydrogens is 236 g/mol. The number of nitrogens with one attached hydrogen (secondary N) is 2. The van der Waals surface area contributed by atoms with Crippen LogP contribution in [0, 0.1) is 5.92 Å². The second kappa shape index (κ2) is 7.05. The molecule has 0 aromatic heterocycles. The van der Waals surface area contributed by atoms with Crippen molar-refractivity contribution in [1.29, 1.82) is 0 Å². The van der Waals surface area contributed by atoms with Crippen molar-refractivity contribution in [2.24, 2.45) is 5.92 Å². The summed E-state index contributed by atoms with van der Waals surface area (Å²) < 4.78 is 0. The molecule has 1 saturated heterocycles. The fourth-order valence-electron chi connectivity index (χ4n) is 3.79. The Hall–Kier alpha value is -0.120. The fraction of sp³-hybridized carbons (Fsp3) is 1.00. The van der Waals surface area contributed by atoms with Crippen molar-refractivity contribution in [3.8, 4) is 0 Å². The lowest BCUT2D eigenvalue weighted by atomic mass is 9.79. The highest BCUT2D eigenvalue weighted by Gasteiger charge is 2.32. The van der Waals surface area contributed by atoms with Gasteiger partial charge in [-0.05, 0) is 51.5 Å². The van der Waals surface area contributed by atoms with Gasteiger partial charge in [0.05, 0.1) is 5.60 Å². The normalized spacial score (nSPS) is 38.1. The zero-order valence-corrected chi connectivity index (χ0v) is 12.8. The van der Waals surface area contributed by atoms with E-state index in [0.717, 1.165) is 19.4 Å². The van der Waals surface area contributed by atoms with Crippen LogP contribution in [0.15, 0.2) is 0 Å². The predicted molar refractivity (Wildman–Crippen MR) is 80.3 cm³/mol. The number of aliphatic hydroxyl groups is 1. The minimum atomic E-state index is -0.452. The van der Waals surface area contributed by atoms with Crippen molar-refractivity contribution in [1.82, 2.24) is 10.6 Å². The second-order valence-corrected chi connectivity index (χ2v) is 7.09. The molecule has 3 nitrogen and oxygen atoms in total. The molecule has 0 aromatic rings. The van der Waals surface area contributed by atoms with Gasteiger partial charge in [-0.25, -0.2) is 0 Å². The lowest BCUT2D eigenvalue weighted by Gasteiger charge is -2.37. The van der Waals surface area contributed by atoms with Crippen molar-refractivity contribution in [3.63, 3.8) is 0 Å². The molecule has 19 heavy (non-hydrogen) atoms. The van der Waals surface area contributed by atoms with Crippen LogP contribution in [-0.4, -0.2) is 35.9 Å². The highest BCUT2D eigenvalue weighted by Crippen LogP contribution is 2.31. The van der Waals surface area contributed by atoms with E-state index in [1.165, 1.54) is 45.1 Å². The van der Waals surface area contributed by atoms with Gasteiger partial charge in [0.25, 0.3) is 0 Å². The molecule has 0 amide bonds. The van der Waals surface area contributed by atoms with Crippen LogP contribution in [0.4, 0.5) is 0 Å². The summed E-state index contributed by atoms with van der Waals surface area (Å²) in [5, 5.41) is 17.8. The van der Waals surface area contributed by atoms with Gasteiger partial charge in [0.15, 0.2) is 0 Å². The standard InChI is InChI=1S/C16H32N2O/c1-13-6-5-8-16(19,11-13)12-18-14(2)10-15-7-3-4-9-17-15/h13-15,17-19H,3-12H2,1-2H3. The van der Waals surface area contributed by atoms with E-state index in [0.29, 0.717) is 18.0 Å². The first kappa shape index (κ1) is 15.3. The summed E-state index contributed by atoms with van der Waals surface area (Å²) in [4.78, 5) is 0. The topological polar surface area (TPSA) is 44.3 Å². The Morgan fingerprint density at radius 3 is 2.84 bits per heavy atom. The molecule has 0 radical (unpaired) electrons. The van der Waals surface area contributed by atoms with Crippen molar-refractivity contribution in [2.45, 2.75) is 82.9 Å². The quantitative estimate of drug-likeness (QED) is 0.717. The first-order valence-corrected chi connectivity index (χ1v) is 8.26. The monoisotopic (exact) mass is 268 g/mol. The molecule has 0 aromatic carbocycles. The molecule has 2 fully saturated rings. The zero-order valence-electron chi connectivity index (χ0n) is 12.8.